The zero-order valence-corrected chi connectivity index (χ0v) is 10.4. The van der Waals surface area contributed by atoms with Crippen LogP contribution >= 0.6 is 15.9 Å². The van der Waals surface area contributed by atoms with Crippen molar-refractivity contribution in [2.24, 2.45) is 0 Å². The van der Waals surface area contributed by atoms with Crippen LogP contribution in [0.1, 0.15) is 12.0 Å². The molecule has 1 rings (SSSR count). The van der Waals surface area contributed by atoms with Crippen molar-refractivity contribution in [3.63, 3.8) is 0 Å². The zero-order chi connectivity index (χ0) is 12.0. The summed E-state index contributed by atoms with van der Waals surface area (Å²) in [6.07, 6.45) is 0.810. The fourth-order valence-electron chi connectivity index (χ4n) is 1.26. The van der Waals surface area contributed by atoms with E-state index in [0.29, 0.717) is 16.6 Å². The number of hydrogen-bond donors (Lipinski definition) is 0. The molecule has 0 spiro atoms. The van der Waals surface area contributed by atoms with E-state index in [0.717, 1.165) is 5.56 Å². The molecule has 0 aliphatic rings. The van der Waals surface area contributed by atoms with Gasteiger partial charge in [-0.15, -0.1) is 0 Å². The van der Waals surface area contributed by atoms with Gasteiger partial charge in [-0.1, -0.05) is 12.1 Å². The van der Waals surface area contributed by atoms with Gasteiger partial charge in [0.05, 0.1) is 11.6 Å². The number of methoxy groups -OCH3 is 1. The number of esters is 1. The minimum absolute atomic E-state index is 0.274. The molecule has 0 unspecified atom stereocenters. The fraction of sp³-hybridized carbons (Fsp3) is 0.364. The Morgan fingerprint density at radius 3 is 2.88 bits per heavy atom. The molecule has 3 nitrogen and oxygen atoms in total. The van der Waals surface area contributed by atoms with Crippen molar-refractivity contribution in [2.75, 3.05) is 14.0 Å². The topological polar surface area (TPSA) is 35.5 Å². The summed E-state index contributed by atoms with van der Waals surface area (Å²) in [5.41, 5.74) is 0.886. The van der Waals surface area contributed by atoms with Crippen molar-refractivity contribution in [2.45, 2.75) is 12.8 Å². The summed E-state index contributed by atoms with van der Waals surface area (Å²) in [7, 11) is 1.35. The predicted molar refractivity (Wildman–Crippen MR) is 61.1 cm³/mol. The van der Waals surface area contributed by atoms with E-state index in [2.05, 4.69) is 20.7 Å². The predicted octanol–water partition coefficient (Wildman–Crippen LogP) is 2.86. The third-order valence-electron chi connectivity index (χ3n) is 2.08. The number of ether oxygens (including phenoxy) is 2. The number of hydrogen-bond acceptors (Lipinski definition) is 3. The molecule has 5 heteroatoms. The highest BCUT2D eigenvalue weighted by Gasteiger charge is 2.08. The van der Waals surface area contributed by atoms with E-state index >= 15 is 0 Å². The Balaban J connectivity index is 2.72. The molecule has 0 aromatic heterocycles. The lowest BCUT2D eigenvalue weighted by molar-refractivity contribution is -0.140. The van der Waals surface area contributed by atoms with Crippen LogP contribution in [0.4, 0.5) is 4.39 Å². The highest BCUT2D eigenvalue weighted by molar-refractivity contribution is 9.10. The normalized spacial score (nSPS) is 9.94. The minimum Gasteiger partial charge on any atom is -0.469 e. The molecular formula is C11H12BrFO3. The summed E-state index contributed by atoms with van der Waals surface area (Å²) in [5.74, 6) is 0.161. The van der Waals surface area contributed by atoms with Gasteiger partial charge in [-0.25, -0.2) is 4.39 Å². The molecule has 0 atom stereocenters. The van der Waals surface area contributed by atoms with Gasteiger partial charge in [0.1, 0.15) is 5.75 Å². The molecule has 0 aliphatic heterocycles. The van der Waals surface area contributed by atoms with E-state index in [4.69, 9.17) is 4.74 Å². The molecule has 0 saturated heterocycles. The van der Waals surface area contributed by atoms with Crippen LogP contribution in [-0.4, -0.2) is 19.9 Å². The van der Waals surface area contributed by atoms with Crippen molar-refractivity contribution in [1.82, 2.24) is 0 Å². The van der Waals surface area contributed by atoms with Gasteiger partial charge in [0.25, 0.3) is 0 Å². The van der Waals surface area contributed by atoms with Crippen molar-refractivity contribution in [3.8, 4) is 5.75 Å². The van der Waals surface area contributed by atoms with Gasteiger partial charge in [0.15, 0.2) is 0 Å². The average molecular weight is 291 g/mol. The van der Waals surface area contributed by atoms with Gasteiger partial charge < -0.3 is 9.47 Å². The van der Waals surface area contributed by atoms with Crippen molar-refractivity contribution < 1.29 is 18.7 Å². The van der Waals surface area contributed by atoms with E-state index < -0.39 is 6.86 Å². The van der Waals surface area contributed by atoms with Gasteiger partial charge in [0, 0.05) is 6.42 Å². The smallest absolute Gasteiger partial charge is 0.305 e. The summed E-state index contributed by atoms with van der Waals surface area (Å²) >= 11 is 3.31. The first kappa shape index (κ1) is 13.0. The number of carbonyl (C=O) groups is 1. The number of alkyl halides is 1. The van der Waals surface area contributed by atoms with E-state index in [1.165, 1.54) is 7.11 Å². The summed E-state index contributed by atoms with van der Waals surface area (Å²) in [5, 5.41) is 0. The van der Waals surface area contributed by atoms with Crippen LogP contribution in [0.25, 0.3) is 0 Å². The van der Waals surface area contributed by atoms with Crippen LogP contribution in [0.5, 0.6) is 5.75 Å². The summed E-state index contributed by atoms with van der Waals surface area (Å²) in [6, 6.07) is 5.26. The standard InChI is InChI=1S/C11H12BrFO3/c1-15-10(14)6-5-8-3-2-4-9(11(8)12)16-7-13/h2-4H,5-7H2,1H3. The first-order valence-corrected chi connectivity index (χ1v) is 5.51. The van der Waals surface area contributed by atoms with Crippen molar-refractivity contribution in [1.29, 1.82) is 0 Å². The Labute approximate surface area is 102 Å². The summed E-state index contributed by atoms with van der Waals surface area (Å²) < 4.78 is 22.0. The second-order valence-corrected chi connectivity index (χ2v) is 3.85. The van der Waals surface area contributed by atoms with Crippen molar-refractivity contribution in [3.05, 3.63) is 28.2 Å². The molecular weight excluding hydrogens is 279 g/mol. The lowest BCUT2D eigenvalue weighted by Crippen LogP contribution is -2.02. The number of rotatable bonds is 5. The molecule has 0 radical (unpaired) electrons. The molecule has 0 N–H and O–H groups in total. The maximum absolute atomic E-state index is 12.0. The molecule has 1 aromatic rings. The summed E-state index contributed by atoms with van der Waals surface area (Å²) in [6.45, 7) is -0.876. The Kier molecular flexibility index (Phi) is 5.25. The first-order chi connectivity index (χ1) is 7.69. The van der Waals surface area contributed by atoms with Crippen LogP contribution in [0, 0.1) is 0 Å². The van der Waals surface area contributed by atoms with Gasteiger partial charge in [-0.05, 0) is 34.0 Å². The molecule has 0 aliphatic carbocycles. The molecule has 0 saturated carbocycles. The number of benzene rings is 1. The van der Waals surface area contributed by atoms with E-state index in [9.17, 15) is 9.18 Å². The first-order valence-electron chi connectivity index (χ1n) is 4.72. The number of carbonyl (C=O) groups excluding carboxylic acids is 1. The Morgan fingerprint density at radius 2 is 2.25 bits per heavy atom. The maximum Gasteiger partial charge on any atom is 0.305 e. The lowest BCUT2D eigenvalue weighted by Gasteiger charge is -2.08. The fourth-order valence-corrected chi connectivity index (χ4v) is 1.84. The molecule has 0 heterocycles. The van der Waals surface area contributed by atoms with E-state index in [-0.39, 0.29) is 12.4 Å². The molecule has 0 amide bonds. The second kappa shape index (κ2) is 6.48. The van der Waals surface area contributed by atoms with E-state index in [1.807, 2.05) is 6.07 Å². The van der Waals surface area contributed by atoms with Crippen molar-refractivity contribution >= 4 is 21.9 Å². The minimum atomic E-state index is -0.876. The van der Waals surface area contributed by atoms with Crippen LogP contribution < -0.4 is 4.74 Å². The average Bonchev–Trinajstić information content (AvgIpc) is 2.30. The second-order valence-electron chi connectivity index (χ2n) is 3.06. The monoisotopic (exact) mass is 290 g/mol. The third kappa shape index (κ3) is 3.48. The molecule has 0 fully saturated rings. The highest BCUT2D eigenvalue weighted by atomic mass is 79.9. The third-order valence-corrected chi connectivity index (χ3v) is 2.98. The van der Waals surface area contributed by atoms with Crippen LogP contribution in [0.2, 0.25) is 0 Å². The zero-order valence-electron chi connectivity index (χ0n) is 8.83. The summed E-state index contributed by atoms with van der Waals surface area (Å²) in [4.78, 5) is 11.0. The Morgan fingerprint density at radius 1 is 1.50 bits per heavy atom. The molecule has 16 heavy (non-hydrogen) atoms. The number of aryl methyl sites for hydroxylation is 1. The van der Waals surface area contributed by atoms with Gasteiger partial charge in [-0.3, -0.25) is 4.79 Å². The Hall–Kier alpha value is -1.10. The van der Waals surface area contributed by atoms with Crippen LogP contribution in [0.15, 0.2) is 22.7 Å². The number of halogens is 2. The Bertz CT molecular complexity index is 368. The van der Waals surface area contributed by atoms with Crippen LogP contribution in [-0.2, 0) is 16.0 Å². The van der Waals surface area contributed by atoms with Gasteiger partial charge in [-0.2, -0.15) is 0 Å². The lowest BCUT2D eigenvalue weighted by atomic mass is 10.1. The quantitative estimate of drug-likeness (QED) is 0.783. The highest BCUT2D eigenvalue weighted by Crippen LogP contribution is 2.29. The van der Waals surface area contributed by atoms with E-state index in [1.54, 1.807) is 12.1 Å². The molecule has 88 valence electrons. The SMILES string of the molecule is COC(=O)CCc1cccc(OCF)c1Br. The van der Waals surface area contributed by atoms with Crippen LogP contribution in [0.3, 0.4) is 0 Å². The maximum atomic E-state index is 12.0. The van der Waals surface area contributed by atoms with Gasteiger partial charge in [0.2, 0.25) is 6.86 Å². The van der Waals surface area contributed by atoms with Gasteiger partial charge >= 0.3 is 5.97 Å². The largest absolute Gasteiger partial charge is 0.469 e. The molecule has 1 aromatic carbocycles. The molecule has 0 bridgehead atoms.